The molecule has 1 N–H and O–H groups in total. The van der Waals surface area contributed by atoms with Gasteiger partial charge in [-0.15, -0.1) is 0 Å². The zero-order chi connectivity index (χ0) is 11.1. The highest BCUT2D eigenvalue weighted by Gasteiger charge is 2.41. The summed E-state index contributed by atoms with van der Waals surface area (Å²) in [5.74, 6) is 0. The first-order valence-corrected chi connectivity index (χ1v) is 6.27. The second-order valence-corrected chi connectivity index (χ2v) is 6.17. The molecule has 1 aliphatic heterocycles. The normalized spacial score (nSPS) is 25.3. The molecule has 1 fully saturated rings. The first kappa shape index (κ1) is 11.1. The van der Waals surface area contributed by atoms with E-state index >= 15 is 0 Å². The van der Waals surface area contributed by atoms with Crippen molar-refractivity contribution in [2.75, 3.05) is 0 Å². The van der Waals surface area contributed by atoms with Crippen molar-refractivity contribution < 1.29 is 0 Å². The van der Waals surface area contributed by atoms with Crippen molar-refractivity contribution in [2.24, 2.45) is 10.4 Å². The van der Waals surface area contributed by atoms with E-state index in [4.69, 9.17) is 17.2 Å². The predicted molar refractivity (Wildman–Crippen MR) is 68.4 cm³/mol. The van der Waals surface area contributed by atoms with Gasteiger partial charge in [0, 0.05) is 5.41 Å². The Hall–Kier alpha value is -0.440. The van der Waals surface area contributed by atoms with Gasteiger partial charge in [0.1, 0.15) is 10.7 Å². The lowest BCUT2D eigenvalue weighted by Gasteiger charge is -2.30. The average Bonchev–Trinajstić information content (AvgIpc) is 2.44. The number of thiocarbonyl (C=S) groups is 1. The summed E-state index contributed by atoms with van der Waals surface area (Å²) in [6.07, 6.45) is 6.18. The Morgan fingerprint density at radius 1 is 1.20 bits per heavy atom. The molecule has 1 heterocycles. The van der Waals surface area contributed by atoms with Crippen LogP contribution in [0.1, 0.15) is 52.9 Å². The Kier molecular flexibility index (Phi) is 2.61. The van der Waals surface area contributed by atoms with E-state index in [0.29, 0.717) is 0 Å². The summed E-state index contributed by atoms with van der Waals surface area (Å²) in [7, 11) is 0. The van der Waals surface area contributed by atoms with Gasteiger partial charge >= 0.3 is 0 Å². The van der Waals surface area contributed by atoms with Crippen LogP contribution in [0.2, 0.25) is 0 Å². The van der Waals surface area contributed by atoms with E-state index < -0.39 is 0 Å². The monoisotopic (exact) mass is 224 g/mol. The zero-order valence-electron chi connectivity index (χ0n) is 9.89. The largest absolute Gasteiger partial charge is 0.351 e. The second kappa shape index (κ2) is 3.55. The van der Waals surface area contributed by atoms with E-state index in [2.05, 4.69) is 26.1 Å². The van der Waals surface area contributed by atoms with Crippen molar-refractivity contribution in [3.63, 3.8) is 0 Å². The van der Waals surface area contributed by atoms with E-state index in [0.717, 1.165) is 23.5 Å². The minimum Gasteiger partial charge on any atom is -0.351 e. The predicted octanol–water partition coefficient (Wildman–Crippen LogP) is 3.06. The van der Waals surface area contributed by atoms with Gasteiger partial charge in [-0.05, 0) is 25.7 Å². The van der Waals surface area contributed by atoms with Crippen LogP contribution in [0.15, 0.2) is 4.99 Å². The molecule has 0 bridgehead atoms. The van der Waals surface area contributed by atoms with Crippen LogP contribution in [0.3, 0.4) is 0 Å². The van der Waals surface area contributed by atoms with Crippen LogP contribution in [0.4, 0.5) is 0 Å². The molecule has 0 amide bonds. The Morgan fingerprint density at radius 2 is 1.80 bits per heavy atom. The highest BCUT2D eigenvalue weighted by atomic mass is 32.1. The third kappa shape index (κ3) is 2.07. The van der Waals surface area contributed by atoms with Crippen LogP contribution in [-0.2, 0) is 0 Å². The second-order valence-electron chi connectivity index (χ2n) is 5.76. The maximum Gasteiger partial charge on any atom is 0.130 e. The maximum atomic E-state index is 5.40. The Bertz CT molecular complexity index is 306. The Labute approximate surface area is 97.5 Å². The van der Waals surface area contributed by atoms with Crippen LogP contribution in [0.5, 0.6) is 0 Å². The number of rotatable bonds is 0. The van der Waals surface area contributed by atoms with E-state index in [1.54, 1.807) is 0 Å². The molecule has 0 radical (unpaired) electrons. The first-order valence-electron chi connectivity index (χ1n) is 5.86. The summed E-state index contributed by atoms with van der Waals surface area (Å²) in [6.45, 7) is 6.55. The summed E-state index contributed by atoms with van der Waals surface area (Å²) >= 11 is 5.40. The molecule has 2 nitrogen and oxygen atoms in total. The molecule has 2 rings (SSSR count). The fourth-order valence-electron chi connectivity index (χ4n) is 2.45. The fourth-order valence-corrected chi connectivity index (χ4v) is 2.99. The van der Waals surface area contributed by atoms with Crippen LogP contribution in [0, 0.1) is 5.41 Å². The average molecular weight is 224 g/mol. The Balaban J connectivity index is 2.26. The topological polar surface area (TPSA) is 24.4 Å². The third-order valence-corrected chi connectivity index (χ3v) is 3.57. The molecule has 84 valence electrons. The van der Waals surface area contributed by atoms with E-state index in [9.17, 15) is 0 Å². The van der Waals surface area contributed by atoms with Gasteiger partial charge in [0.25, 0.3) is 0 Å². The van der Waals surface area contributed by atoms with Crippen molar-refractivity contribution in [1.82, 2.24) is 5.32 Å². The van der Waals surface area contributed by atoms with Crippen LogP contribution < -0.4 is 5.32 Å². The van der Waals surface area contributed by atoms with Gasteiger partial charge in [-0.25, -0.2) is 0 Å². The SMILES string of the molecule is CC(C)(C)C1=NC2(CCCCC2)NC1=S. The molecular weight excluding hydrogens is 204 g/mol. The van der Waals surface area contributed by atoms with Gasteiger partial charge in [0.05, 0.1) is 5.71 Å². The van der Waals surface area contributed by atoms with Gasteiger partial charge in [-0.1, -0.05) is 39.4 Å². The highest BCUT2D eigenvalue weighted by molar-refractivity contribution is 7.82. The fraction of sp³-hybridized carbons (Fsp3) is 0.833. The minimum atomic E-state index is -0.0298. The maximum absolute atomic E-state index is 5.40. The zero-order valence-corrected chi connectivity index (χ0v) is 10.7. The first-order chi connectivity index (χ1) is 6.93. The molecule has 1 aliphatic carbocycles. The van der Waals surface area contributed by atoms with Crippen molar-refractivity contribution in [2.45, 2.75) is 58.5 Å². The summed E-state index contributed by atoms with van der Waals surface area (Å²) < 4.78 is 0. The molecule has 0 aromatic carbocycles. The highest BCUT2D eigenvalue weighted by Crippen LogP contribution is 2.35. The molecule has 0 aromatic rings. The quantitative estimate of drug-likeness (QED) is 0.640. The van der Waals surface area contributed by atoms with Crippen molar-refractivity contribution in [3.05, 3.63) is 0 Å². The smallest absolute Gasteiger partial charge is 0.130 e. The number of nitrogens with zero attached hydrogens (tertiary/aromatic N) is 1. The van der Waals surface area contributed by atoms with Crippen LogP contribution >= 0.6 is 12.2 Å². The van der Waals surface area contributed by atoms with Crippen LogP contribution in [0.25, 0.3) is 0 Å². The summed E-state index contributed by atoms with van der Waals surface area (Å²) in [5.41, 5.74) is 1.14. The third-order valence-electron chi connectivity index (χ3n) is 3.28. The number of hydrogen-bond donors (Lipinski definition) is 1. The molecule has 0 atom stereocenters. The molecule has 1 spiro atoms. The molecule has 0 unspecified atom stereocenters. The molecular formula is C12H20N2S. The molecule has 15 heavy (non-hydrogen) atoms. The molecule has 0 aromatic heterocycles. The van der Waals surface area contributed by atoms with Gasteiger partial charge in [0.15, 0.2) is 0 Å². The minimum absolute atomic E-state index is 0.0298. The summed E-state index contributed by atoms with van der Waals surface area (Å²) in [4.78, 5) is 5.77. The lowest BCUT2D eigenvalue weighted by Crippen LogP contribution is -2.43. The van der Waals surface area contributed by atoms with E-state index in [1.807, 2.05) is 0 Å². The Morgan fingerprint density at radius 3 is 2.27 bits per heavy atom. The molecule has 3 heteroatoms. The van der Waals surface area contributed by atoms with Gasteiger partial charge in [-0.2, -0.15) is 0 Å². The lowest BCUT2D eigenvalue weighted by atomic mass is 9.89. The van der Waals surface area contributed by atoms with Gasteiger partial charge < -0.3 is 5.32 Å². The molecule has 0 saturated heterocycles. The standard InChI is InChI=1S/C12H20N2S/c1-11(2,3)9-10(15)14-12(13-9)7-5-4-6-8-12/h4-8H2,1-3H3,(H,14,15). The summed E-state index contributed by atoms with van der Waals surface area (Å²) in [6, 6.07) is 0. The van der Waals surface area contributed by atoms with Gasteiger partial charge in [0.2, 0.25) is 0 Å². The molecule has 2 aliphatic rings. The van der Waals surface area contributed by atoms with E-state index in [-0.39, 0.29) is 11.1 Å². The van der Waals surface area contributed by atoms with Gasteiger partial charge in [-0.3, -0.25) is 4.99 Å². The van der Waals surface area contributed by atoms with Crippen molar-refractivity contribution >= 4 is 22.9 Å². The summed E-state index contributed by atoms with van der Waals surface area (Å²) in [5, 5.41) is 3.45. The molecule has 1 saturated carbocycles. The lowest BCUT2D eigenvalue weighted by molar-refractivity contribution is 0.285. The number of nitrogens with one attached hydrogen (secondary N) is 1. The van der Waals surface area contributed by atoms with E-state index in [1.165, 1.54) is 19.3 Å². The number of aliphatic imine (C=N–C) groups is 1. The van der Waals surface area contributed by atoms with Crippen molar-refractivity contribution in [1.29, 1.82) is 0 Å². The number of hydrogen-bond acceptors (Lipinski definition) is 2. The van der Waals surface area contributed by atoms with Crippen LogP contribution in [-0.4, -0.2) is 16.4 Å². The van der Waals surface area contributed by atoms with Crippen molar-refractivity contribution in [3.8, 4) is 0 Å².